The van der Waals surface area contributed by atoms with Crippen LogP contribution in [0.15, 0.2) is 57.9 Å². The molecule has 110 valence electrons. The second kappa shape index (κ2) is 5.23. The fourth-order valence-corrected chi connectivity index (χ4v) is 4.99. The molecule has 0 saturated heterocycles. The van der Waals surface area contributed by atoms with Crippen LogP contribution in [-0.4, -0.2) is 19.3 Å². The predicted molar refractivity (Wildman–Crippen MR) is 84.9 cm³/mol. The van der Waals surface area contributed by atoms with Gasteiger partial charge in [0.2, 0.25) is 0 Å². The zero-order chi connectivity index (χ0) is 15.1. The monoisotopic (exact) mass is 366 g/mol. The van der Waals surface area contributed by atoms with Gasteiger partial charge in [0.05, 0.1) is 16.2 Å². The number of sulfone groups is 1. The third-order valence-corrected chi connectivity index (χ3v) is 6.15. The normalized spacial score (nSPS) is 23.5. The standard InChI is InChI=1S/C16H15BrO3S/c17-13-5-3-4-12(10-13)11-16(18)8-9-21(19,20)15-7-2-1-6-14(15)16/h1-7,10,18H,8-9,11H2. The largest absolute Gasteiger partial charge is 0.385 e. The molecule has 0 bridgehead atoms. The number of hydrogen-bond acceptors (Lipinski definition) is 3. The molecule has 1 heterocycles. The van der Waals surface area contributed by atoms with Crippen LogP contribution in [0.2, 0.25) is 0 Å². The quantitative estimate of drug-likeness (QED) is 0.888. The number of rotatable bonds is 2. The van der Waals surface area contributed by atoms with Gasteiger partial charge in [-0.2, -0.15) is 0 Å². The fourth-order valence-electron chi connectivity index (χ4n) is 2.84. The lowest BCUT2D eigenvalue weighted by Gasteiger charge is -2.34. The summed E-state index contributed by atoms with van der Waals surface area (Å²) >= 11 is 3.42. The molecular weight excluding hydrogens is 352 g/mol. The molecule has 3 nitrogen and oxygen atoms in total. The van der Waals surface area contributed by atoms with Gasteiger partial charge in [-0.05, 0) is 30.2 Å². The third-order valence-electron chi connectivity index (χ3n) is 3.89. The maximum absolute atomic E-state index is 12.1. The highest BCUT2D eigenvalue weighted by Crippen LogP contribution is 2.39. The van der Waals surface area contributed by atoms with Crippen LogP contribution in [0.4, 0.5) is 0 Å². The molecule has 1 atom stereocenters. The highest BCUT2D eigenvalue weighted by Gasteiger charge is 2.40. The lowest BCUT2D eigenvalue weighted by atomic mass is 9.84. The zero-order valence-electron chi connectivity index (χ0n) is 11.3. The molecule has 3 rings (SSSR count). The summed E-state index contributed by atoms with van der Waals surface area (Å²) in [5.41, 5.74) is 0.347. The number of aliphatic hydroxyl groups is 1. The van der Waals surface area contributed by atoms with Crippen molar-refractivity contribution in [1.29, 1.82) is 0 Å². The molecule has 1 N–H and O–H groups in total. The van der Waals surface area contributed by atoms with Gasteiger partial charge in [-0.15, -0.1) is 0 Å². The van der Waals surface area contributed by atoms with Crippen molar-refractivity contribution in [1.82, 2.24) is 0 Å². The predicted octanol–water partition coefficient (Wildman–Crippen LogP) is 3.06. The molecule has 1 aliphatic rings. The van der Waals surface area contributed by atoms with Gasteiger partial charge < -0.3 is 5.11 Å². The molecule has 1 aliphatic heterocycles. The number of halogens is 1. The van der Waals surface area contributed by atoms with Gasteiger partial charge in [0.25, 0.3) is 0 Å². The van der Waals surface area contributed by atoms with Crippen molar-refractivity contribution in [2.24, 2.45) is 0 Å². The van der Waals surface area contributed by atoms with E-state index in [1.807, 2.05) is 24.3 Å². The molecule has 0 fully saturated rings. The molecule has 5 heteroatoms. The maximum atomic E-state index is 12.1. The zero-order valence-corrected chi connectivity index (χ0v) is 13.7. The summed E-state index contributed by atoms with van der Waals surface area (Å²) in [5, 5.41) is 11.0. The van der Waals surface area contributed by atoms with Gasteiger partial charge in [0.1, 0.15) is 0 Å². The molecule has 2 aromatic carbocycles. The average Bonchev–Trinajstić information content (AvgIpc) is 2.44. The molecular formula is C16H15BrO3S. The van der Waals surface area contributed by atoms with E-state index in [1.165, 1.54) is 0 Å². The number of hydrogen-bond donors (Lipinski definition) is 1. The Balaban J connectivity index is 2.06. The van der Waals surface area contributed by atoms with Crippen molar-refractivity contribution in [2.45, 2.75) is 23.3 Å². The Kier molecular flexibility index (Phi) is 3.67. The first-order chi connectivity index (χ1) is 9.91. The lowest BCUT2D eigenvalue weighted by molar-refractivity contribution is 0.0283. The highest BCUT2D eigenvalue weighted by molar-refractivity contribution is 9.10. The van der Waals surface area contributed by atoms with Gasteiger partial charge in [0.15, 0.2) is 9.84 Å². The van der Waals surface area contributed by atoms with Gasteiger partial charge in [-0.25, -0.2) is 8.42 Å². The van der Waals surface area contributed by atoms with E-state index in [-0.39, 0.29) is 17.1 Å². The molecule has 0 aromatic heterocycles. The molecule has 0 radical (unpaired) electrons. The Morgan fingerprint density at radius 2 is 1.90 bits per heavy atom. The summed E-state index contributed by atoms with van der Waals surface area (Å²) < 4.78 is 25.2. The van der Waals surface area contributed by atoms with E-state index >= 15 is 0 Å². The van der Waals surface area contributed by atoms with E-state index in [0.29, 0.717) is 12.0 Å². The summed E-state index contributed by atoms with van der Waals surface area (Å²) in [6.07, 6.45) is 0.623. The third kappa shape index (κ3) is 2.78. The summed E-state index contributed by atoms with van der Waals surface area (Å²) in [6.45, 7) is 0. The van der Waals surface area contributed by atoms with E-state index in [4.69, 9.17) is 0 Å². The van der Waals surface area contributed by atoms with E-state index < -0.39 is 15.4 Å². The van der Waals surface area contributed by atoms with Crippen molar-refractivity contribution >= 4 is 25.8 Å². The first-order valence-electron chi connectivity index (χ1n) is 6.70. The van der Waals surface area contributed by atoms with Crippen LogP contribution in [0.5, 0.6) is 0 Å². The van der Waals surface area contributed by atoms with Crippen LogP contribution in [0.25, 0.3) is 0 Å². The number of fused-ring (bicyclic) bond motifs is 1. The van der Waals surface area contributed by atoms with E-state index in [1.54, 1.807) is 24.3 Å². The fraction of sp³-hybridized carbons (Fsp3) is 0.250. The first-order valence-corrected chi connectivity index (χ1v) is 9.14. The maximum Gasteiger partial charge on any atom is 0.178 e. The van der Waals surface area contributed by atoms with Crippen molar-refractivity contribution in [3.05, 3.63) is 64.1 Å². The molecule has 0 saturated carbocycles. The van der Waals surface area contributed by atoms with Crippen molar-refractivity contribution in [2.75, 3.05) is 5.75 Å². The summed E-state index contributed by atoms with van der Waals surface area (Å²) in [4.78, 5) is 0.258. The van der Waals surface area contributed by atoms with Gasteiger partial charge in [-0.3, -0.25) is 0 Å². The van der Waals surface area contributed by atoms with E-state index in [9.17, 15) is 13.5 Å². The second-order valence-corrected chi connectivity index (χ2v) is 8.40. The Morgan fingerprint density at radius 1 is 1.14 bits per heavy atom. The topological polar surface area (TPSA) is 54.4 Å². The van der Waals surface area contributed by atoms with E-state index in [2.05, 4.69) is 15.9 Å². The second-order valence-electron chi connectivity index (χ2n) is 5.40. The van der Waals surface area contributed by atoms with E-state index in [0.717, 1.165) is 10.0 Å². The minimum Gasteiger partial charge on any atom is -0.385 e. The molecule has 0 spiro atoms. The molecule has 0 amide bonds. The highest BCUT2D eigenvalue weighted by atomic mass is 79.9. The van der Waals surface area contributed by atoms with Crippen LogP contribution >= 0.6 is 15.9 Å². The summed E-state index contributed by atoms with van der Waals surface area (Å²) in [7, 11) is -3.28. The minimum absolute atomic E-state index is 0.0193. The molecule has 21 heavy (non-hydrogen) atoms. The minimum atomic E-state index is -3.28. The van der Waals surface area contributed by atoms with Crippen molar-refractivity contribution in [3.8, 4) is 0 Å². The van der Waals surface area contributed by atoms with Crippen molar-refractivity contribution in [3.63, 3.8) is 0 Å². The Labute approximate surface area is 132 Å². The lowest BCUT2D eigenvalue weighted by Crippen LogP contribution is -2.37. The first kappa shape index (κ1) is 14.8. The van der Waals surface area contributed by atoms with Gasteiger partial charge in [0, 0.05) is 16.5 Å². The molecule has 2 aromatic rings. The number of benzene rings is 2. The van der Waals surface area contributed by atoms with Gasteiger partial charge >= 0.3 is 0 Å². The van der Waals surface area contributed by atoms with Crippen molar-refractivity contribution < 1.29 is 13.5 Å². The summed E-state index contributed by atoms with van der Waals surface area (Å²) in [5.74, 6) is -0.0193. The Bertz CT molecular complexity index is 786. The van der Waals surface area contributed by atoms with Crippen LogP contribution in [-0.2, 0) is 21.9 Å². The van der Waals surface area contributed by atoms with Crippen LogP contribution in [0, 0.1) is 0 Å². The van der Waals surface area contributed by atoms with Crippen LogP contribution in [0.3, 0.4) is 0 Å². The molecule has 1 unspecified atom stereocenters. The average molecular weight is 367 g/mol. The summed E-state index contributed by atoms with van der Waals surface area (Å²) in [6, 6.07) is 14.5. The van der Waals surface area contributed by atoms with Crippen LogP contribution in [0.1, 0.15) is 17.5 Å². The SMILES string of the molecule is O=S1(=O)CCC(O)(Cc2cccc(Br)c2)c2ccccc21. The van der Waals surface area contributed by atoms with Gasteiger partial charge in [-0.1, -0.05) is 46.3 Å². The Morgan fingerprint density at radius 3 is 2.67 bits per heavy atom. The molecule has 0 aliphatic carbocycles. The Hall–Kier alpha value is -1.17. The smallest absolute Gasteiger partial charge is 0.178 e. The van der Waals surface area contributed by atoms with Crippen LogP contribution < -0.4 is 0 Å².